The van der Waals surface area contributed by atoms with E-state index in [2.05, 4.69) is 127 Å². The Labute approximate surface area is 707 Å². The van der Waals surface area contributed by atoms with Crippen molar-refractivity contribution in [2.24, 2.45) is 0 Å². The maximum Gasteiger partial charge on any atom is 0.344 e. The monoisotopic (exact) mass is 1630 g/mol. The molecule has 0 saturated carbocycles. The fraction of sp³-hybridized carbons (Fsp3) is 0.196. The van der Waals surface area contributed by atoms with Gasteiger partial charge in [0.15, 0.2) is 19.6 Å². The summed E-state index contributed by atoms with van der Waals surface area (Å²) in [7, 11) is 1.24. The van der Waals surface area contributed by atoms with E-state index in [-0.39, 0.29) is 29.8 Å². The molecule has 0 bridgehead atoms. The number of benzene rings is 15. The number of ether oxygens (including phenoxy) is 4. The van der Waals surface area contributed by atoms with Crippen molar-refractivity contribution in [2.75, 3.05) is 46.0 Å². The second-order valence-electron chi connectivity index (χ2n) is 31.4. The predicted octanol–water partition coefficient (Wildman–Crippen LogP) is 24.6. The Balaban J connectivity index is 0.000000105. The highest BCUT2D eigenvalue weighted by Gasteiger charge is 2.38. The Bertz CT molecular complexity index is 6400. The lowest BCUT2D eigenvalue weighted by Crippen LogP contribution is -2.19. The number of fused-ring (bicyclic) bond motifs is 11. The third kappa shape index (κ3) is 15.9. The van der Waals surface area contributed by atoms with Crippen LogP contribution in [0.1, 0.15) is 114 Å². The second kappa shape index (κ2) is 35.3. The van der Waals surface area contributed by atoms with E-state index >= 15 is 0 Å². The first kappa shape index (κ1) is 77.5. The summed E-state index contributed by atoms with van der Waals surface area (Å²) in [5.74, 6) is 11.4. The van der Waals surface area contributed by atoms with Crippen molar-refractivity contribution in [1.82, 2.24) is 0 Å². The van der Waals surface area contributed by atoms with Crippen LogP contribution in [0.25, 0.3) is 86.9 Å². The van der Waals surface area contributed by atoms with Crippen LogP contribution in [-0.2, 0) is 70.8 Å². The molecule has 4 saturated heterocycles. The summed E-state index contributed by atoms with van der Waals surface area (Å²) in [5, 5.41) is 13.0. The minimum Gasteiger partial charge on any atom is -0.425 e. The quantitative estimate of drug-likeness (QED) is 0.0516. The molecule has 3 aliphatic carbocycles. The van der Waals surface area contributed by atoms with Gasteiger partial charge in [0.25, 0.3) is 0 Å². The number of hydrogen-bond donors (Lipinski definition) is 0. The smallest absolute Gasteiger partial charge is 0.344 e. The zero-order valence-corrected chi connectivity index (χ0v) is 69.8. The van der Waals surface area contributed by atoms with E-state index in [1.807, 2.05) is 182 Å². The summed E-state index contributed by atoms with van der Waals surface area (Å²) in [6, 6.07) is 101. The molecule has 4 fully saturated rings. The van der Waals surface area contributed by atoms with Crippen LogP contribution in [0.3, 0.4) is 0 Å². The van der Waals surface area contributed by atoms with Gasteiger partial charge in [-0.3, -0.25) is 4.79 Å². The van der Waals surface area contributed by atoms with Gasteiger partial charge < -0.3 is 18.9 Å². The van der Waals surface area contributed by atoms with E-state index in [4.69, 9.17) is 18.9 Å². The van der Waals surface area contributed by atoms with E-state index in [0.717, 1.165) is 89.3 Å². The van der Waals surface area contributed by atoms with Gasteiger partial charge in [0, 0.05) is 86.7 Å². The van der Waals surface area contributed by atoms with E-state index in [0.29, 0.717) is 83.3 Å². The number of carbonyl (C=O) groups excluding carboxylic acids is 4. The molecule has 8 nitrogen and oxygen atoms in total. The Hall–Kier alpha value is -11.4. The normalized spacial score (nSPS) is 15.8. The van der Waals surface area contributed by atoms with Gasteiger partial charge in [-0.15, -0.1) is 0 Å². The van der Waals surface area contributed by atoms with E-state index < -0.39 is 0 Å². The fourth-order valence-electron chi connectivity index (χ4n) is 18.4. The number of carbonyl (C=O) groups is 4. The molecule has 12 heteroatoms. The van der Waals surface area contributed by atoms with Gasteiger partial charge in [-0.1, -0.05) is 231 Å². The van der Waals surface area contributed by atoms with Crippen molar-refractivity contribution in [1.29, 1.82) is 0 Å². The number of hydrogen-bond acceptors (Lipinski definition) is 8. The average molecular weight is 1630 g/mol. The molecule has 15 aromatic carbocycles. The summed E-state index contributed by atoms with van der Waals surface area (Å²) >= 11 is 0. The molecular formula is C107H92O8S4+4. The van der Waals surface area contributed by atoms with E-state index in [1.165, 1.54) is 162 Å². The maximum atomic E-state index is 13.6. The van der Waals surface area contributed by atoms with E-state index in [9.17, 15) is 19.2 Å². The molecular weight excluding hydrogens is 1540 g/mol. The van der Waals surface area contributed by atoms with Crippen LogP contribution in [0.5, 0.6) is 23.0 Å². The number of rotatable bonds is 12. The first-order valence-corrected chi connectivity index (χ1v) is 48.3. The summed E-state index contributed by atoms with van der Waals surface area (Å²) in [5.41, 5.74) is 10.7. The molecule has 0 radical (unpaired) electrons. The molecule has 119 heavy (non-hydrogen) atoms. The van der Waals surface area contributed by atoms with Crippen LogP contribution in [0.2, 0.25) is 0 Å². The molecule has 588 valence electrons. The van der Waals surface area contributed by atoms with Gasteiger partial charge in [-0.25, -0.2) is 14.4 Å². The molecule has 0 spiro atoms. The van der Waals surface area contributed by atoms with Crippen LogP contribution in [-0.4, -0.2) is 69.9 Å². The van der Waals surface area contributed by atoms with Crippen LogP contribution >= 0.6 is 0 Å². The Morgan fingerprint density at radius 1 is 0.252 bits per heavy atom. The predicted molar refractivity (Wildman–Crippen MR) is 497 cm³/mol. The third-order valence-corrected chi connectivity index (χ3v) is 34.4. The number of esters is 4. The van der Waals surface area contributed by atoms with Gasteiger partial charge >= 0.3 is 23.9 Å². The SMILES string of the molecule is O=C(Oc1ccc([S+]2CCCC2)c2ccccc12)C1=CCc2ccccc21.O=C(Oc1ccc([S+]2CCCC2)c2ccccc12)c1c2ccccc2cc2ccccc12.O=C(Oc1ccc([S+]2CCCCC2)c2ccccc12)C1=CCc2ccccc21.O=C(Oc1ccc([S+]2CCCCC2)c2ccccc12)C1c2ccccc2-c2ccccc21. The minimum atomic E-state index is -0.388. The van der Waals surface area contributed by atoms with Gasteiger partial charge in [-0.05, 0) is 222 Å². The highest BCUT2D eigenvalue weighted by molar-refractivity contribution is 7.98. The largest absolute Gasteiger partial charge is 0.425 e. The van der Waals surface area contributed by atoms with Crippen LogP contribution in [0.15, 0.2) is 329 Å². The van der Waals surface area contributed by atoms with Gasteiger partial charge in [-0.2, -0.15) is 0 Å². The molecule has 0 atom stereocenters. The van der Waals surface area contributed by atoms with Crippen molar-refractivity contribution < 1.29 is 38.1 Å². The van der Waals surface area contributed by atoms with Crippen molar-refractivity contribution in [3.63, 3.8) is 0 Å². The molecule has 15 aromatic rings. The molecule has 4 heterocycles. The van der Waals surface area contributed by atoms with Crippen molar-refractivity contribution in [3.8, 4) is 34.1 Å². The molecule has 0 N–H and O–H groups in total. The van der Waals surface area contributed by atoms with Gasteiger partial charge in [0.2, 0.25) is 0 Å². The fourth-order valence-corrected chi connectivity index (χ4v) is 28.4. The van der Waals surface area contributed by atoms with Crippen LogP contribution in [0.4, 0.5) is 0 Å². The molecule has 7 aliphatic rings. The lowest BCUT2D eigenvalue weighted by Gasteiger charge is -2.17. The lowest BCUT2D eigenvalue weighted by atomic mass is 9.97. The highest BCUT2D eigenvalue weighted by Crippen LogP contribution is 2.47. The first-order chi connectivity index (χ1) is 58.7. The van der Waals surface area contributed by atoms with Gasteiger partial charge in [0.05, 0.1) is 16.7 Å². The van der Waals surface area contributed by atoms with Crippen molar-refractivity contribution >= 4 is 143 Å². The minimum absolute atomic E-state index is 0.208. The number of allylic oxidation sites excluding steroid dienone is 2. The summed E-state index contributed by atoms with van der Waals surface area (Å²) in [6.07, 6.45) is 18.8. The summed E-state index contributed by atoms with van der Waals surface area (Å²) in [6.45, 7) is 0. The van der Waals surface area contributed by atoms with Crippen molar-refractivity contribution in [3.05, 3.63) is 348 Å². The topological polar surface area (TPSA) is 105 Å². The lowest BCUT2D eigenvalue weighted by molar-refractivity contribution is -0.135. The Morgan fingerprint density at radius 2 is 0.529 bits per heavy atom. The van der Waals surface area contributed by atoms with Gasteiger partial charge in [0.1, 0.15) is 74.9 Å². The second-order valence-corrected chi connectivity index (χ2v) is 40.4. The standard InChI is InChI=1S/C29H25O2S.C29H23O2S.C25H23O2S.C24H21O2S/c30-29(28-24-14-6-2-10-20(24)21-11-3-7-15-25(21)28)31-26-16-17-27(32-18-8-1-9-19-32)23-13-5-4-12-22(23)26;30-29(28-22-11-3-1-9-20(22)19-21-10-2-4-12-23(21)28)31-26-15-16-27(32-17-7-8-18-32)25-14-6-5-13-24(25)26;26-25(22-13-12-18-8-2-3-9-19(18)22)27-23-14-15-24(28-16-6-1-7-17-28)21-11-5-4-10-20(21)23;25-24(21-12-11-17-7-1-2-8-18(17)21)26-22-13-14-23(27-15-5-6-16-27)20-10-4-3-9-19(20)22/h2-7,10-17,28H,1,8-9,18-19H2;1-6,9-16,19H,7-8,17-18H2;2-5,8-11,13-15H,1,6-7,12,16-17H2;1-4,7-10,12-14H,5-6,11,15-16H2/q4*+1. The third-order valence-electron chi connectivity index (χ3n) is 24.2. The molecule has 22 rings (SSSR count). The molecule has 0 amide bonds. The zero-order chi connectivity index (χ0) is 80.1. The molecule has 0 unspecified atom stereocenters. The summed E-state index contributed by atoms with van der Waals surface area (Å²) in [4.78, 5) is 58.6. The molecule has 4 aliphatic heterocycles. The maximum absolute atomic E-state index is 13.6. The highest BCUT2D eigenvalue weighted by atomic mass is 32.2. The zero-order valence-electron chi connectivity index (χ0n) is 66.6. The van der Waals surface area contributed by atoms with E-state index in [1.54, 1.807) is 0 Å². The summed E-state index contributed by atoms with van der Waals surface area (Å²) < 4.78 is 24.0. The van der Waals surface area contributed by atoms with Crippen molar-refractivity contribution in [2.45, 2.75) is 103 Å². The van der Waals surface area contributed by atoms with Crippen LogP contribution < -0.4 is 18.9 Å². The Morgan fingerprint density at radius 3 is 0.891 bits per heavy atom. The average Bonchev–Trinajstić information content (AvgIpc) is 1.69. The Kier molecular flexibility index (Phi) is 23.0. The van der Waals surface area contributed by atoms with Crippen LogP contribution in [0, 0.1) is 0 Å². The first-order valence-electron chi connectivity index (χ1n) is 42.0. The molecule has 0 aromatic heterocycles.